The molecule has 2 aromatic carbocycles. The minimum atomic E-state index is -0.473. The molecule has 23 heavy (non-hydrogen) atoms. The Balaban J connectivity index is 1.97. The van der Waals surface area contributed by atoms with Crippen molar-refractivity contribution in [2.75, 3.05) is 20.3 Å². The smallest absolute Gasteiger partial charge is 0.273 e. The molecule has 0 unspecified atom stereocenters. The van der Waals surface area contributed by atoms with Crippen LogP contribution in [0.15, 0.2) is 36.4 Å². The molecule has 0 aliphatic carbocycles. The first-order valence-electron chi connectivity index (χ1n) is 7.16. The summed E-state index contributed by atoms with van der Waals surface area (Å²) in [6.07, 6.45) is 0. The second-order valence-electron chi connectivity index (χ2n) is 5.06. The van der Waals surface area contributed by atoms with Crippen LogP contribution in [-0.4, -0.2) is 25.2 Å². The van der Waals surface area contributed by atoms with Gasteiger partial charge in [0.25, 0.3) is 5.69 Å². The number of nitrogens with zero attached hydrogens (tertiary/aromatic N) is 1. The molecule has 0 heterocycles. The maximum absolute atomic E-state index is 10.8. The van der Waals surface area contributed by atoms with E-state index in [1.807, 2.05) is 32.0 Å². The van der Waals surface area contributed by atoms with Gasteiger partial charge in [0.15, 0.2) is 11.5 Å². The molecular weight excluding hydrogens is 298 g/mol. The van der Waals surface area contributed by atoms with E-state index in [0.717, 1.165) is 16.9 Å². The minimum Gasteiger partial charge on any atom is -0.493 e. The molecule has 2 rings (SSSR count). The normalized spacial score (nSPS) is 10.2. The summed E-state index contributed by atoms with van der Waals surface area (Å²) in [5, 5.41) is 10.8. The van der Waals surface area contributed by atoms with Crippen molar-refractivity contribution in [3.63, 3.8) is 0 Å². The summed E-state index contributed by atoms with van der Waals surface area (Å²) in [5.41, 5.74) is 2.12. The van der Waals surface area contributed by atoms with Gasteiger partial charge in [0.1, 0.15) is 19.0 Å². The minimum absolute atomic E-state index is 0.0451. The third-order valence-corrected chi connectivity index (χ3v) is 3.30. The second kappa shape index (κ2) is 7.49. The van der Waals surface area contributed by atoms with Crippen molar-refractivity contribution in [3.8, 4) is 17.2 Å². The predicted octanol–water partition coefficient (Wildman–Crippen LogP) is 3.68. The molecule has 0 amide bonds. The number of rotatable bonds is 7. The van der Waals surface area contributed by atoms with Crippen LogP contribution >= 0.6 is 0 Å². The third kappa shape index (κ3) is 4.35. The Labute approximate surface area is 134 Å². The molecule has 0 aliphatic heterocycles. The number of non-ortho nitro benzene ring substituents is 1. The van der Waals surface area contributed by atoms with Crippen molar-refractivity contribution in [1.29, 1.82) is 0 Å². The lowest BCUT2D eigenvalue weighted by molar-refractivity contribution is -0.385. The van der Waals surface area contributed by atoms with Gasteiger partial charge >= 0.3 is 0 Å². The number of aryl methyl sites for hydroxylation is 2. The van der Waals surface area contributed by atoms with E-state index in [4.69, 9.17) is 14.2 Å². The van der Waals surface area contributed by atoms with Gasteiger partial charge in [-0.05, 0) is 37.1 Å². The van der Waals surface area contributed by atoms with Gasteiger partial charge < -0.3 is 14.2 Å². The Morgan fingerprint density at radius 1 is 0.957 bits per heavy atom. The second-order valence-corrected chi connectivity index (χ2v) is 5.06. The highest BCUT2D eigenvalue weighted by molar-refractivity contribution is 5.48. The number of nitro groups is 1. The SMILES string of the molecule is COc1ccc([N+](=O)[O-])cc1OCCOc1cc(C)ccc1C. The maximum atomic E-state index is 10.8. The lowest BCUT2D eigenvalue weighted by Crippen LogP contribution is -2.10. The zero-order chi connectivity index (χ0) is 16.8. The summed E-state index contributed by atoms with van der Waals surface area (Å²) in [4.78, 5) is 10.3. The van der Waals surface area contributed by atoms with Crippen LogP contribution in [0.4, 0.5) is 5.69 Å². The lowest BCUT2D eigenvalue weighted by atomic mass is 10.1. The first-order valence-corrected chi connectivity index (χ1v) is 7.16. The van der Waals surface area contributed by atoms with Crippen molar-refractivity contribution in [3.05, 3.63) is 57.6 Å². The van der Waals surface area contributed by atoms with E-state index in [-0.39, 0.29) is 12.3 Å². The summed E-state index contributed by atoms with van der Waals surface area (Å²) in [6.45, 7) is 4.55. The number of benzene rings is 2. The first kappa shape index (κ1) is 16.6. The highest BCUT2D eigenvalue weighted by Crippen LogP contribution is 2.31. The number of hydrogen-bond donors (Lipinski definition) is 0. The molecular formula is C17H19NO5. The molecule has 2 aromatic rings. The van der Waals surface area contributed by atoms with Crippen LogP contribution in [0, 0.1) is 24.0 Å². The van der Waals surface area contributed by atoms with Crippen molar-refractivity contribution in [1.82, 2.24) is 0 Å². The summed E-state index contributed by atoms with van der Waals surface area (Å²) in [6, 6.07) is 10.2. The molecule has 0 atom stereocenters. The summed E-state index contributed by atoms with van der Waals surface area (Å²) >= 11 is 0. The molecule has 0 saturated heterocycles. The van der Waals surface area contributed by atoms with Crippen molar-refractivity contribution < 1.29 is 19.1 Å². The van der Waals surface area contributed by atoms with Gasteiger partial charge in [0.2, 0.25) is 0 Å². The Kier molecular flexibility index (Phi) is 5.41. The fourth-order valence-electron chi connectivity index (χ4n) is 2.06. The van der Waals surface area contributed by atoms with Gasteiger partial charge in [-0.25, -0.2) is 0 Å². The Hall–Kier alpha value is -2.76. The average molecular weight is 317 g/mol. The van der Waals surface area contributed by atoms with Gasteiger partial charge in [-0.1, -0.05) is 12.1 Å². The standard InChI is InChI=1S/C17H19NO5/c1-12-4-5-13(2)16(10-12)22-8-9-23-17-11-14(18(19)20)6-7-15(17)21-3/h4-7,10-11H,8-9H2,1-3H3. The third-order valence-electron chi connectivity index (χ3n) is 3.30. The molecule has 122 valence electrons. The molecule has 0 N–H and O–H groups in total. The fraction of sp³-hybridized carbons (Fsp3) is 0.294. The molecule has 0 radical (unpaired) electrons. The van der Waals surface area contributed by atoms with Gasteiger partial charge in [0.05, 0.1) is 18.1 Å². The van der Waals surface area contributed by atoms with E-state index in [2.05, 4.69) is 0 Å². The largest absolute Gasteiger partial charge is 0.493 e. The van der Waals surface area contributed by atoms with Gasteiger partial charge in [-0.15, -0.1) is 0 Å². The van der Waals surface area contributed by atoms with E-state index in [1.165, 1.54) is 25.3 Å². The van der Waals surface area contributed by atoms with Crippen molar-refractivity contribution in [2.24, 2.45) is 0 Å². The molecule has 6 heteroatoms. The highest BCUT2D eigenvalue weighted by atomic mass is 16.6. The zero-order valence-corrected chi connectivity index (χ0v) is 13.4. The summed E-state index contributed by atoms with van der Waals surface area (Å²) in [5.74, 6) is 1.58. The monoisotopic (exact) mass is 317 g/mol. The Morgan fingerprint density at radius 2 is 1.65 bits per heavy atom. The number of nitro benzene ring substituents is 1. The number of methoxy groups -OCH3 is 1. The first-order chi connectivity index (χ1) is 11.0. The van der Waals surface area contributed by atoms with Gasteiger partial charge in [0, 0.05) is 6.07 Å². The van der Waals surface area contributed by atoms with Crippen LogP contribution in [0.1, 0.15) is 11.1 Å². The van der Waals surface area contributed by atoms with Gasteiger partial charge in [-0.2, -0.15) is 0 Å². The van der Waals surface area contributed by atoms with E-state index < -0.39 is 4.92 Å². The van der Waals surface area contributed by atoms with E-state index >= 15 is 0 Å². The topological polar surface area (TPSA) is 70.8 Å². The Bertz CT molecular complexity index is 699. The number of hydrogen-bond acceptors (Lipinski definition) is 5. The molecule has 0 bridgehead atoms. The molecule has 6 nitrogen and oxygen atoms in total. The Morgan fingerprint density at radius 3 is 2.30 bits per heavy atom. The summed E-state index contributed by atoms with van der Waals surface area (Å²) in [7, 11) is 1.49. The van der Waals surface area contributed by atoms with Crippen molar-refractivity contribution in [2.45, 2.75) is 13.8 Å². The number of ether oxygens (including phenoxy) is 3. The fourth-order valence-corrected chi connectivity index (χ4v) is 2.06. The molecule has 0 spiro atoms. The van der Waals surface area contributed by atoms with E-state index in [0.29, 0.717) is 18.1 Å². The molecule has 0 fully saturated rings. The predicted molar refractivity (Wildman–Crippen MR) is 86.6 cm³/mol. The van der Waals surface area contributed by atoms with Crippen LogP contribution in [-0.2, 0) is 0 Å². The van der Waals surface area contributed by atoms with Crippen LogP contribution in [0.2, 0.25) is 0 Å². The highest BCUT2D eigenvalue weighted by Gasteiger charge is 2.12. The van der Waals surface area contributed by atoms with Crippen LogP contribution in [0.25, 0.3) is 0 Å². The molecule has 0 aromatic heterocycles. The van der Waals surface area contributed by atoms with Crippen LogP contribution in [0.5, 0.6) is 17.2 Å². The van der Waals surface area contributed by atoms with E-state index in [9.17, 15) is 10.1 Å². The lowest BCUT2D eigenvalue weighted by Gasteiger charge is -2.12. The maximum Gasteiger partial charge on any atom is 0.273 e. The molecule has 0 aliphatic rings. The van der Waals surface area contributed by atoms with Crippen molar-refractivity contribution >= 4 is 5.69 Å². The van der Waals surface area contributed by atoms with E-state index in [1.54, 1.807) is 0 Å². The van der Waals surface area contributed by atoms with Crippen LogP contribution in [0.3, 0.4) is 0 Å². The average Bonchev–Trinajstić information content (AvgIpc) is 2.54. The zero-order valence-electron chi connectivity index (χ0n) is 13.4. The van der Waals surface area contributed by atoms with Gasteiger partial charge in [-0.3, -0.25) is 10.1 Å². The summed E-state index contributed by atoms with van der Waals surface area (Å²) < 4.78 is 16.4. The quantitative estimate of drug-likeness (QED) is 0.442. The molecule has 0 saturated carbocycles. The van der Waals surface area contributed by atoms with Crippen LogP contribution < -0.4 is 14.2 Å².